The molecule has 0 spiro atoms. The number of hydrogen-bond acceptors (Lipinski definition) is 2. The van der Waals surface area contributed by atoms with Crippen LogP contribution >= 0.6 is 11.3 Å². The molecule has 0 fully saturated rings. The Morgan fingerprint density at radius 1 is 1.50 bits per heavy atom. The van der Waals surface area contributed by atoms with Crippen LogP contribution in [-0.4, -0.2) is 13.1 Å². The van der Waals surface area contributed by atoms with Gasteiger partial charge in [-0.3, -0.25) is 0 Å². The fourth-order valence-corrected chi connectivity index (χ4v) is 2.25. The third-order valence-electron chi connectivity index (χ3n) is 2.36. The normalized spacial score (nSPS) is 18.4. The predicted molar refractivity (Wildman–Crippen MR) is 54.4 cm³/mol. The van der Waals surface area contributed by atoms with Gasteiger partial charge in [-0.05, 0) is 47.9 Å². The lowest BCUT2D eigenvalue weighted by Gasteiger charge is -2.17. The second-order valence-electron chi connectivity index (χ2n) is 3.20. The molecule has 1 aliphatic heterocycles. The van der Waals surface area contributed by atoms with Crippen LogP contribution in [0.5, 0.6) is 0 Å². The summed E-state index contributed by atoms with van der Waals surface area (Å²) in [6.07, 6.45) is 1.20. The molecule has 0 amide bonds. The zero-order valence-electron chi connectivity index (χ0n) is 7.26. The van der Waals surface area contributed by atoms with Gasteiger partial charge in [-0.1, -0.05) is 5.57 Å². The van der Waals surface area contributed by atoms with Gasteiger partial charge in [-0.15, -0.1) is 0 Å². The Labute approximate surface area is 77.1 Å². The fraction of sp³-hybridized carbons (Fsp3) is 0.400. The van der Waals surface area contributed by atoms with Crippen LogP contribution in [-0.2, 0) is 0 Å². The molecule has 2 heterocycles. The number of hydrogen-bond donors (Lipinski definition) is 1. The second kappa shape index (κ2) is 3.42. The predicted octanol–water partition coefficient (Wildman–Crippen LogP) is 2.51. The Bertz CT molecular complexity index is 285. The molecule has 1 aromatic rings. The second-order valence-corrected chi connectivity index (χ2v) is 3.98. The Kier molecular flexibility index (Phi) is 2.28. The fourth-order valence-electron chi connectivity index (χ4n) is 1.58. The van der Waals surface area contributed by atoms with Crippen molar-refractivity contribution in [1.82, 2.24) is 5.32 Å². The van der Waals surface area contributed by atoms with Gasteiger partial charge in [0, 0.05) is 6.54 Å². The molecular formula is C10H13NS. The van der Waals surface area contributed by atoms with Crippen molar-refractivity contribution in [3.8, 4) is 0 Å². The van der Waals surface area contributed by atoms with Crippen LogP contribution in [0.15, 0.2) is 22.4 Å². The summed E-state index contributed by atoms with van der Waals surface area (Å²) in [5.74, 6) is 0. The molecule has 1 N–H and O–H groups in total. The van der Waals surface area contributed by atoms with Crippen LogP contribution < -0.4 is 5.32 Å². The van der Waals surface area contributed by atoms with E-state index < -0.39 is 0 Å². The lowest BCUT2D eigenvalue weighted by molar-refractivity contribution is 0.715. The van der Waals surface area contributed by atoms with Gasteiger partial charge in [-0.2, -0.15) is 11.3 Å². The zero-order chi connectivity index (χ0) is 8.39. The molecule has 0 aromatic carbocycles. The molecule has 0 radical (unpaired) electrons. The van der Waals surface area contributed by atoms with Gasteiger partial charge in [0.15, 0.2) is 0 Å². The van der Waals surface area contributed by atoms with Gasteiger partial charge in [0.25, 0.3) is 0 Å². The van der Waals surface area contributed by atoms with Crippen molar-refractivity contribution in [2.24, 2.45) is 0 Å². The lowest BCUT2D eigenvalue weighted by atomic mass is 9.98. The van der Waals surface area contributed by atoms with Gasteiger partial charge >= 0.3 is 0 Å². The number of thiophene rings is 1. The summed E-state index contributed by atoms with van der Waals surface area (Å²) in [6.45, 7) is 4.43. The Morgan fingerprint density at radius 2 is 2.42 bits per heavy atom. The molecule has 2 heteroatoms. The van der Waals surface area contributed by atoms with E-state index >= 15 is 0 Å². The minimum absolute atomic E-state index is 1.04. The molecule has 0 aliphatic carbocycles. The van der Waals surface area contributed by atoms with Gasteiger partial charge in [0.2, 0.25) is 0 Å². The van der Waals surface area contributed by atoms with E-state index in [4.69, 9.17) is 0 Å². The lowest BCUT2D eigenvalue weighted by Crippen LogP contribution is -2.23. The summed E-state index contributed by atoms with van der Waals surface area (Å²) in [5.41, 5.74) is 4.46. The number of rotatable bonds is 1. The highest BCUT2D eigenvalue weighted by atomic mass is 32.1. The summed E-state index contributed by atoms with van der Waals surface area (Å²) < 4.78 is 0. The van der Waals surface area contributed by atoms with Crippen molar-refractivity contribution in [3.63, 3.8) is 0 Å². The first kappa shape index (κ1) is 8.02. The largest absolute Gasteiger partial charge is 0.312 e. The maximum absolute atomic E-state index is 3.40. The van der Waals surface area contributed by atoms with E-state index in [9.17, 15) is 0 Å². The Hall–Kier alpha value is -0.600. The SMILES string of the molecule is CC1=C(c2ccsc2)CNCC1. The molecule has 64 valence electrons. The molecule has 1 aliphatic rings. The standard InChI is InChI=1S/C10H13NS/c1-8-2-4-11-6-10(8)9-3-5-12-7-9/h3,5,7,11H,2,4,6H2,1H3. The van der Waals surface area contributed by atoms with Crippen LogP contribution in [0.2, 0.25) is 0 Å². The molecule has 12 heavy (non-hydrogen) atoms. The van der Waals surface area contributed by atoms with Crippen molar-refractivity contribution < 1.29 is 0 Å². The average molecular weight is 179 g/mol. The first-order chi connectivity index (χ1) is 5.88. The molecule has 2 rings (SSSR count). The topological polar surface area (TPSA) is 12.0 Å². The van der Waals surface area contributed by atoms with Crippen LogP contribution in [0.4, 0.5) is 0 Å². The smallest absolute Gasteiger partial charge is 0.0211 e. The van der Waals surface area contributed by atoms with Gasteiger partial charge in [0.1, 0.15) is 0 Å². The summed E-state index contributed by atoms with van der Waals surface area (Å²) in [5, 5.41) is 7.77. The van der Waals surface area contributed by atoms with Crippen molar-refractivity contribution >= 4 is 16.9 Å². The van der Waals surface area contributed by atoms with Crippen molar-refractivity contribution in [2.45, 2.75) is 13.3 Å². The van der Waals surface area contributed by atoms with Crippen molar-refractivity contribution in [2.75, 3.05) is 13.1 Å². The van der Waals surface area contributed by atoms with Gasteiger partial charge < -0.3 is 5.32 Å². The van der Waals surface area contributed by atoms with E-state index in [-0.39, 0.29) is 0 Å². The molecule has 0 saturated carbocycles. The summed E-state index contributed by atoms with van der Waals surface area (Å²) in [6, 6.07) is 2.20. The first-order valence-electron chi connectivity index (χ1n) is 4.30. The van der Waals surface area contributed by atoms with E-state index in [0.29, 0.717) is 0 Å². The quantitative estimate of drug-likeness (QED) is 0.698. The van der Waals surface area contributed by atoms with E-state index in [0.717, 1.165) is 13.1 Å². The highest BCUT2D eigenvalue weighted by Crippen LogP contribution is 2.24. The Balaban J connectivity index is 2.33. The monoisotopic (exact) mass is 179 g/mol. The number of nitrogens with one attached hydrogen (secondary N) is 1. The minimum Gasteiger partial charge on any atom is -0.312 e. The Morgan fingerprint density at radius 3 is 3.08 bits per heavy atom. The molecule has 1 nitrogen and oxygen atoms in total. The first-order valence-corrected chi connectivity index (χ1v) is 5.24. The summed E-state index contributed by atoms with van der Waals surface area (Å²) in [7, 11) is 0. The molecular weight excluding hydrogens is 166 g/mol. The maximum atomic E-state index is 3.40. The van der Waals surface area contributed by atoms with E-state index in [1.54, 1.807) is 16.9 Å². The minimum atomic E-state index is 1.04. The van der Waals surface area contributed by atoms with E-state index in [2.05, 4.69) is 29.1 Å². The van der Waals surface area contributed by atoms with Crippen LogP contribution in [0.1, 0.15) is 18.9 Å². The van der Waals surface area contributed by atoms with Gasteiger partial charge in [-0.25, -0.2) is 0 Å². The molecule has 0 unspecified atom stereocenters. The van der Waals surface area contributed by atoms with Crippen LogP contribution in [0.3, 0.4) is 0 Å². The zero-order valence-corrected chi connectivity index (χ0v) is 8.08. The van der Waals surface area contributed by atoms with Crippen molar-refractivity contribution in [3.05, 3.63) is 28.0 Å². The third kappa shape index (κ3) is 1.45. The van der Waals surface area contributed by atoms with Crippen LogP contribution in [0, 0.1) is 0 Å². The van der Waals surface area contributed by atoms with Crippen molar-refractivity contribution in [1.29, 1.82) is 0 Å². The summed E-state index contributed by atoms with van der Waals surface area (Å²) >= 11 is 1.77. The third-order valence-corrected chi connectivity index (χ3v) is 3.05. The van der Waals surface area contributed by atoms with E-state index in [1.807, 2.05) is 0 Å². The summed E-state index contributed by atoms with van der Waals surface area (Å²) in [4.78, 5) is 0. The van der Waals surface area contributed by atoms with E-state index in [1.165, 1.54) is 17.6 Å². The highest BCUT2D eigenvalue weighted by Gasteiger charge is 2.09. The molecule has 0 atom stereocenters. The van der Waals surface area contributed by atoms with Gasteiger partial charge in [0.05, 0.1) is 0 Å². The average Bonchev–Trinajstić information content (AvgIpc) is 2.57. The highest BCUT2D eigenvalue weighted by molar-refractivity contribution is 7.08. The molecule has 0 bridgehead atoms. The maximum Gasteiger partial charge on any atom is 0.0211 e. The molecule has 1 aromatic heterocycles. The molecule has 0 saturated heterocycles. The van der Waals surface area contributed by atoms with Crippen LogP contribution in [0.25, 0.3) is 5.57 Å².